The maximum atomic E-state index is 13.4. The van der Waals surface area contributed by atoms with Gasteiger partial charge in [0.1, 0.15) is 5.69 Å². The number of rotatable bonds is 8. The molecule has 1 atom stereocenters. The Morgan fingerprint density at radius 3 is 2.47 bits per heavy atom. The lowest BCUT2D eigenvalue weighted by Crippen LogP contribution is -2.41. The molecule has 2 amide bonds. The summed E-state index contributed by atoms with van der Waals surface area (Å²) in [6.45, 7) is 4.07. The maximum Gasteiger partial charge on any atom is 0.269 e. The van der Waals surface area contributed by atoms with Crippen LogP contribution in [0.15, 0.2) is 72.9 Å². The minimum Gasteiger partial charge on any atom is -0.449 e. The van der Waals surface area contributed by atoms with Gasteiger partial charge in [-0.2, -0.15) is 0 Å². The lowest BCUT2D eigenvalue weighted by atomic mass is 10.0. The summed E-state index contributed by atoms with van der Waals surface area (Å²) in [5, 5.41) is 2.92. The van der Waals surface area contributed by atoms with E-state index in [4.69, 9.17) is 9.47 Å². The lowest BCUT2D eigenvalue weighted by Gasteiger charge is -2.29. The molecule has 3 aromatic rings. The van der Waals surface area contributed by atoms with Crippen molar-refractivity contribution in [2.24, 2.45) is 0 Å². The van der Waals surface area contributed by atoms with E-state index in [2.05, 4.69) is 10.3 Å². The van der Waals surface area contributed by atoms with Gasteiger partial charge in [0, 0.05) is 45.2 Å². The normalized spacial score (nSPS) is 14.3. The number of ether oxygens (including phenoxy) is 2. The highest BCUT2D eigenvalue weighted by Gasteiger charge is 2.32. The summed E-state index contributed by atoms with van der Waals surface area (Å²) in [6.07, 6.45) is 2.85. The van der Waals surface area contributed by atoms with Crippen molar-refractivity contribution < 1.29 is 19.1 Å². The molecule has 1 aliphatic rings. The zero-order valence-corrected chi connectivity index (χ0v) is 19.7. The summed E-state index contributed by atoms with van der Waals surface area (Å²) < 4.78 is 11.5. The molecule has 0 spiro atoms. The SMILES string of the molecule is CN(C(=O)c1ccc2c(c1)OC(C)(C)O2)C(CCNC(=O)c1ccccn1)Cc1ccccc1. The summed E-state index contributed by atoms with van der Waals surface area (Å²) in [7, 11) is 1.80. The molecule has 0 radical (unpaired) electrons. The summed E-state index contributed by atoms with van der Waals surface area (Å²) >= 11 is 0. The highest BCUT2D eigenvalue weighted by molar-refractivity contribution is 5.95. The molecular formula is C27H29N3O4. The molecule has 0 fully saturated rings. The molecule has 1 aromatic heterocycles. The maximum absolute atomic E-state index is 13.4. The standard InChI is InChI=1S/C27H29N3O4/c1-27(2)33-23-13-12-20(18-24(23)34-27)26(32)30(3)21(17-19-9-5-4-6-10-19)14-16-29-25(31)22-11-7-8-15-28-22/h4-13,15,18,21H,14,16-17H2,1-3H3,(H,29,31). The van der Waals surface area contributed by atoms with E-state index >= 15 is 0 Å². The lowest BCUT2D eigenvalue weighted by molar-refractivity contribution is -0.0431. The van der Waals surface area contributed by atoms with Crippen LogP contribution in [0, 0.1) is 0 Å². The second-order valence-electron chi connectivity index (χ2n) is 8.78. The van der Waals surface area contributed by atoms with Gasteiger partial charge in [0.25, 0.3) is 11.8 Å². The fourth-order valence-corrected chi connectivity index (χ4v) is 3.98. The van der Waals surface area contributed by atoms with Crippen molar-refractivity contribution in [2.75, 3.05) is 13.6 Å². The molecule has 4 rings (SSSR count). The second kappa shape index (κ2) is 9.95. The number of pyridine rings is 1. The van der Waals surface area contributed by atoms with Crippen molar-refractivity contribution in [3.05, 3.63) is 89.7 Å². The van der Waals surface area contributed by atoms with Gasteiger partial charge in [0.15, 0.2) is 11.5 Å². The van der Waals surface area contributed by atoms with E-state index in [9.17, 15) is 9.59 Å². The van der Waals surface area contributed by atoms with Crippen LogP contribution < -0.4 is 14.8 Å². The van der Waals surface area contributed by atoms with Gasteiger partial charge in [-0.3, -0.25) is 14.6 Å². The molecule has 2 heterocycles. The van der Waals surface area contributed by atoms with Crippen molar-refractivity contribution in [1.82, 2.24) is 15.2 Å². The molecule has 0 saturated carbocycles. The van der Waals surface area contributed by atoms with Gasteiger partial charge < -0.3 is 19.7 Å². The minimum atomic E-state index is -0.752. The molecule has 176 valence electrons. The van der Waals surface area contributed by atoms with Crippen LogP contribution in [0.25, 0.3) is 0 Å². The fourth-order valence-electron chi connectivity index (χ4n) is 3.98. The van der Waals surface area contributed by atoms with Crippen molar-refractivity contribution in [2.45, 2.75) is 38.5 Å². The summed E-state index contributed by atoms with van der Waals surface area (Å²) in [6, 6.07) is 20.4. The zero-order chi connectivity index (χ0) is 24.1. The van der Waals surface area contributed by atoms with Crippen LogP contribution in [-0.4, -0.2) is 47.1 Å². The number of nitrogens with one attached hydrogen (secondary N) is 1. The Bertz CT molecular complexity index is 1150. The van der Waals surface area contributed by atoms with Gasteiger partial charge in [-0.1, -0.05) is 36.4 Å². The van der Waals surface area contributed by atoms with Crippen LogP contribution in [0.4, 0.5) is 0 Å². The van der Waals surface area contributed by atoms with Crippen LogP contribution in [-0.2, 0) is 6.42 Å². The second-order valence-corrected chi connectivity index (χ2v) is 8.78. The Labute approximate surface area is 199 Å². The molecule has 1 unspecified atom stereocenters. The number of benzene rings is 2. The van der Waals surface area contributed by atoms with E-state index in [-0.39, 0.29) is 17.9 Å². The average Bonchev–Trinajstić information content (AvgIpc) is 3.16. The molecule has 1 N–H and O–H groups in total. The van der Waals surface area contributed by atoms with Gasteiger partial charge >= 0.3 is 0 Å². The Morgan fingerprint density at radius 2 is 1.74 bits per heavy atom. The first-order valence-electron chi connectivity index (χ1n) is 11.3. The first kappa shape index (κ1) is 23.3. The smallest absolute Gasteiger partial charge is 0.269 e. The van der Waals surface area contributed by atoms with E-state index < -0.39 is 5.79 Å². The molecule has 1 aliphatic heterocycles. The number of hydrogen-bond acceptors (Lipinski definition) is 5. The Hall–Kier alpha value is -3.87. The van der Waals surface area contributed by atoms with Crippen molar-refractivity contribution in [3.63, 3.8) is 0 Å². The Balaban J connectivity index is 1.46. The summed E-state index contributed by atoms with van der Waals surface area (Å²) in [5.74, 6) is 0.0886. The first-order chi connectivity index (χ1) is 16.3. The number of amides is 2. The van der Waals surface area contributed by atoms with Crippen LogP contribution in [0.3, 0.4) is 0 Å². The van der Waals surface area contributed by atoms with E-state index in [1.807, 2.05) is 44.2 Å². The average molecular weight is 460 g/mol. The number of aromatic nitrogens is 1. The molecule has 7 heteroatoms. The van der Waals surface area contributed by atoms with Crippen LogP contribution in [0.5, 0.6) is 11.5 Å². The largest absolute Gasteiger partial charge is 0.449 e. The number of fused-ring (bicyclic) bond motifs is 1. The third-order valence-corrected chi connectivity index (χ3v) is 5.75. The van der Waals surface area contributed by atoms with E-state index in [0.717, 1.165) is 5.56 Å². The molecular weight excluding hydrogens is 430 g/mol. The van der Waals surface area contributed by atoms with Crippen molar-refractivity contribution >= 4 is 11.8 Å². The fraction of sp³-hybridized carbons (Fsp3) is 0.296. The summed E-state index contributed by atoms with van der Waals surface area (Å²) in [5.41, 5.74) is 2.02. The van der Waals surface area contributed by atoms with Gasteiger partial charge in [0.05, 0.1) is 0 Å². The van der Waals surface area contributed by atoms with Crippen molar-refractivity contribution in [3.8, 4) is 11.5 Å². The summed E-state index contributed by atoms with van der Waals surface area (Å²) in [4.78, 5) is 31.6. The molecule has 0 bridgehead atoms. The van der Waals surface area contributed by atoms with Crippen LogP contribution >= 0.6 is 0 Å². The number of carbonyl (C=O) groups is 2. The van der Waals surface area contributed by atoms with E-state index in [0.29, 0.717) is 42.1 Å². The van der Waals surface area contributed by atoms with E-state index in [1.54, 1.807) is 54.5 Å². The number of hydrogen-bond donors (Lipinski definition) is 1. The molecule has 0 aliphatic carbocycles. The van der Waals surface area contributed by atoms with Crippen molar-refractivity contribution in [1.29, 1.82) is 0 Å². The first-order valence-corrected chi connectivity index (χ1v) is 11.3. The monoisotopic (exact) mass is 459 g/mol. The molecule has 0 saturated heterocycles. The highest BCUT2D eigenvalue weighted by atomic mass is 16.7. The third-order valence-electron chi connectivity index (χ3n) is 5.75. The van der Waals surface area contributed by atoms with Gasteiger partial charge in [-0.15, -0.1) is 0 Å². The van der Waals surface area contributed by atoms with E-state index in [1.165, 1.54) is 0 Å². The molecule has 7 nitrogen and oxygen atoms in total. The minimum absolute atomic E-state index is 0.118. The predicted octanol–water partition coefficient (Wildman–Crippen LogP) is 4.09. The van der Waals surface area contributed by atoms with Gasteiger partial charge in [-0.05, 0) is 48.7 Å². The Morgan fingerprint density at radius 1 is 1.00 bits per heavy atom. The predicted molar refractivity (Wildman–Crippen MR) is 129 cm³/mol. The quantitative estimate of drug-likeness (QED) is 0.549. The van der Waals surface area contributed by atoms with Gasteiger partial charge in [0.2, 0.25) is 5.79 Å². The number of likely N-dealkylation sites (N-methyl/N-ethyl adjacent to an activating group) is 1. The number of carbonyl (C=O) groups excluding carboxylic acids is 2. The van der Waals surface area contributed by atoms with Crippen LogP contribution in [0.1, 0.15) is 46.7 Å². The molecule has 34 heavy (non-hydrogen) atoms. The highest BCUT2D eigenvalue weighted by Crippen LogP contribution is 2.39. The molecule has 2 aromatic carbocycles. The third kappa shape index (κ3) is 5.54. The van der Waals surface area contributed by atoms with Crippen LogP contribution in [0.2, 0.25) is 0 Å². The number of nitrogens with zero attached hydrogens (tertiary/aromatic N) is 2. The topological polar surface area (TPSA) is 80.8 Å². The Kier molecular flexibility index (Phi) is 6.82. The zero-order valence-electron chi connectivity index (χ0n) is 19.7. The van der Waals surface area contributed by atoms with Gasteiger partial charge in [-0.25, -0.2) is 0 Å².